The van der Waals surface area contributed by atoms with E-state index in [9.17, 15) is 0 Å². The summed E-state index contributed by atoms with van der Waals surface area (Å²) in [5, 5.41) is 3.43. The van der Waals surface area contributed by atoms with E-state index in [4.69, 9.17) is 9.47 Å². The molecule has 0 unspecified atom stereocenters. The first-order valence-electron chi connectivity index (χ1n) is 7.38. The predicted molar refractivity (Wildman–Crippen MR) is 81.6 cm³/mol. The van der Waals surface area contributed by atoms with Crippen LogP contribution >= 0.6 is 0 Å². The topological polar surface area (TPSA) is 62.4 Å². The molecule has 1 aliphatic heterocycles. The van der Waals surface area contributed by atoms with Crippen molar-refractivity contribution in [3.63, 3.8) is 0 Å². The number of aromatic amines is 1. The molecule has 114 valence electrons. The second kappa shape index (κ2) is 6.89. The molecule has 6 nitrogen and oxygen atoms in total. The van der Waals surface area contributed by atoms with Gasteiger partial charge in [-0.05, 0) is 12.1 Å². The van der Waals surface area contributed by atoms with Crippen LogP contribution in [-0.2, 0) is 11.3 Å². The maximum Gasteiger partial charge on any atom is 0.121 e. The molecule has 1 aromatic heterocycles. The van der Waals surface area contributed by atoms with Gasteiger partial charge in [0.1, 0.15) is 11.6 Å². The first kappa shape index (κ1) is 14.3. The summed E-state index contributed by atoms with van der Waals surface area (Å²) in [7, 11) is 1.67. The van der Waals surface area contributed by atoms with E-state index in [2.05, 4.69) is 20.2 Å². The highest BCUT2D eigenvalue weighted by molar-refractivity contribution is 5.76. The summed E-state index contributed by atoms with van der Waals surface area (Å²) < 4.78 is 10.6. The summed E-state index contributed by atoms with van der Waals surface area (Å²) in [6, 6.07) is 5.88. The number of hydrogen-bond donors (Lipinski definition) is 2. The highest BCUT2D eigenvalue weighted by atomic mass is 16.5. The van der Waals surface area contributed by atoms with Gasteiger partial charge in [-0.25, -0.2) is 4.98 Å². The number of nitrogens with one attached hydrogen (secondary N) is 2. The number of rotatable bonds is 6. The van der Waals surface area contributed by atoms with Crippen molar-refractivity contribution >= 4 is 11.0 Å². The van der Waals surface area contributed by atoms with Crippen LogP contribution in [0.15, 0.2) is 18.2 Å². The van der Waals surface area contributed by atoms with Gasteiger partial charge in [0.2, 0.25) is 0 Å². The normalized spacial score (nSPS) is 16.4. The Bertz CT molecular complexity index is 578. The average molecular weight is 290 g/mol. The van der Waals surface area contributed by atoms with E-state index < -0.39 is 0 Å². The van der Waals surface area contributed by atoms with E-state index in [0.29, 0.717) is 0 Å². The molecule has 0 amide bonds. The van der Waals surface area contributed by atoms with E-state index in [1.807, 2.05) is 18.2 Å². The largest absolute Gasteiger partial charge is 0.497 e. The second-order valence-corrected chi connectivity index (χ2v) is 5.20. The number of nitrogens with zero attached hydrogens (tertiary/aromatic N) is 2. The van der Waals surface area contributed by atoms with Crippen molar-refractivity contribution in [3.05, 3.63) is 24.0 Å². The molecule has 2 aromatic rings. The third-order valence-electron chi connectivity index (χ3n) is 3.74. The van der Waals surface area contributed by atoms with Crippen molar-refractivity contribution in [2.45, 2.75) is 6.54 Å². The van der Waals surface area contributed by atoms with Gasteiger partial charge >= 0.3 is 0 Å². The molecule has 6 heteroatoms. The third kappa shape index (κ3) is 3.72. The van der Waals surface area contributed by atoms with E-state index in [1.165, 1.54) is 0 Å². The minimum absolute atomic E-state index is 0.751. The fourth-order valence-electron chi connectivity index (χ4n) is 2.52. The summed E-state index contributed by atoms with van der Waals surface area (Å²) >= 11 is 0. The Balaban J connectivity index is 1.48. The molecule has 0 atom stereocenters. The smallest absolute Gasteiger partial charge is 0.121 e. The molecular weight excluding hydrogens is 268 g/mol. The molecule has 0 bridgehead atoms. The minimum atomic E-state index is 0.751. The molecule has 1 fully saturated rings. The molecule has 1 aliphatic rings. The van der Waals surface area contributed by atoms with Gasteiger partial charge in [0.15, 0.2) is 0 Å². The molecule has 1 saturated heterocycles. The Hall–Kier alpha value is -1.63. The number of imidazole rings is 1. The van der Waals surface area contributed by atoms with Crippen LogP contribution in [-0.4, -0.2) is 61.4 Å². The Morgan fingerprint density at radius 1 is 1.38 bits per heavy atom. The lowest BCUT2D eigenvalue weighted by Crippen LogP contribution is -2.40. The molecule has 0 spiro atoms. The quantitative estimate of drug-likeness (QED) is 0.777. The van der Waals surface area contributed by atoms with E-state index in [1.54, 1.807) is 7.11 Å². The number of hydrogen-bond acceptors (Lipinski definition) is 5. The maximum atomic E-state index is 5.34. The number of morpholine rings is 1. The van der Waals surface area contributed by atoms with Crippen molar-refractivity contribution in [2.24, 2.45) is 0 Å². The van der Waals surface area contributed by atoms with Gasteiger partial charge in [-0.1, -0.05) is 0 Å². The van der Waals surface area contributed by atoms with E-state index in [0.717, 1.165) is 68.5 Å². The van der Waals surface area contributed by atoms with Gasteiger partial charge in [-0.2, -0.15) is 0 Å². The molecule has 0 radical (unpaired) electrons. The SMILES string of the molecule is COc1ccc2nc(CNCCN3CCOCC3)[nH]c2c1. The molecule has 2 heterocycles. The van der Waals surface area contributed by atoms with Gasteiger partial charge < -0.3 is 19.8 Å². The predicted octanol–water partition coefficient (Wildman–Crippen LogP) is 0.993. The third-order valence-corrected chi connectivity index (χ3v) is 3.74. The van der Waals surface area contributed by atoms with Crippen LogP contribution < -0.4 is 10.1 Å². The monoisotopic (exact) mass is 290 g/mol. The van der Waals surface area contributed by atoms with Gasteiger partial charge in [0, 0.05) is 32.2 Å². The van der Waals surface area contributed by atoms with Crippen molar-refractivity contribution < 1.29 is 9.47 Å². The summed E-state index contributed by atoms with van der Waals surface area (Å²) in [5.41, 5.74) is 1.99. The number of ether oxygens (including phenoxy) is 2. The molecule has 2 N–H and O–H groups in total. The fourth-order valence-corrected chi connectivity index (χ4v) is 2.52. The highest BCUT2D eigenvalue weighted by Crippen LogP contribution is 2.18. The Morgan fingerprint density at radius 3 is 3.05 bits per heavy atom. The van der Waals surface area contributed by atoms with Crippen LogP contribution in [0.5, 0.6) is 5.75 Å². The second-order valence-electron chi connectivity index (χ2n) is 5.20. The number of methoxy groups -OCH3 is 1. The van der Waals surface area contributed by atoms with Crippen LogP contribution in [0.25, 0.3) is 11.0 Å². The lowest BCUT2D eigenvalue weighted by atomic mass is 10.3. The lowest BCUT2D eigenvalue weighted by molar-refractivity contribution is 0.0384. The maximum absolute atomic E-state index is 5.34. The Labute approximate surface area is 124 Å². The fraction of sp³-hybridized carbons (Fsp3) is 0.533. The number of benzene rings is 1. The molecule has 0 aliphatic carbocycles. The number of fused-ring (bicyclic) bond motifs is 1. The average Bonchev–Trinajstić information content (AvgIpc) is 2.94. The summed E-state index contributed by atoms with van der Waals surface area (Å²) in [4.78, 5) is 10.3. The van der Waals surface area contributed by atoms with Crippen LogP contribution in [0.2, 0.25) is 0 Å². The van der Waals surface area contributed by atoms with Gasteiger partial charge in [0.25, 0.3) is 0 Å². The van der Waals surface area contributed by atoms with Gasteiger partial charge in [-0.15, -0.1) is 0 Å². The Kier molecular flexibility index (Phi) is 4.69. The van der Waals surface area contributed by atoms with E-state index >= 15 is 0 Å². The molecular formula is C15H22N4O2. The number of H-pyrrole nitrogens is 1. The van der Waals surface area contributed by atoms with Crippen LogP contribution in [0.3, 0.4) is 0 Å². The zero-order valence-electron chi connectivity index (χ0n) is 12.4. The van der Waals surface area contributed by atoms with Crippen LogP contribution in [0, 0.1) is 0 Å². The summed E-state index contributed by atoms with van der Waals surface area (Å²) in [6.45, 7) is 6.54. The van der Waals surface area contributed by atoms with E-state index in [-0.39, 0.29) is 0 Å². The van der Waals surface area contributed by atoms with Gasteiger partial charge in [0.05, 0.1) is 37.9 Å². The standard InChI is InChI=1S/C15H22N4O2/c1-20-12-2-3-13-14(10-12)18-15(17-13)11-16-4-5-19-6-8-21-9-7-19/h2-3,10,16H,4-9,11H2,1H3,(H,17,18). The van der Waals surface area contributed by atoms with Crippen molar-refractivity contribution in [1.82, 2.24) is 20.2 Å². The molecule has 21 heavy (non-hydrogen) atoms. The lowest BCUT2D eigenvalue weighted by Gasteiger charge is -2.26. The molecule has 1 aromatic carbocycles. The van der Waals surface area contributed by atoms with Crippen molar-refractivity contribution in [2.75, 3.05) is 46.5 Å². The molecule has 3 rings (SSSR count). The first-order chi connectivity index (χ1) is 10.3. The highest BCUT2D eigenvalue weighted by Gasteiger charge is 2.09. The van der Waals surface area contributed by atoms with Crippen LogP contribution in [0.4, 0.5) is 0 Å². The Morgan fingerprint density at radius 2 is 2.24 bits per heavy atom. The minimum Gasteiger partial charge on any atom is -0.497 e. The van der Waals surface area contributed by atoms with Crippen molar-refractivity contribution in [1.29, 1.82) is 0 Å². The first-order valence-corrected chi connectivity index (χ1v) is 7.38. The molecule has 0 saturated carbocycles. The summed E-state index contributed by atoms with van der Waals surface area (Å²) in [5.74, 6) is 1.80. The van der Waals surface area contributed by atoms with Crippen molar-refractivity contribution in [3.8, 4) is 5.75 Å². The van der Waals surface area contributed by atoms with Gasteiger partial charge in [-0.3, -0.25) is 4.90 Å². The summed E-state index contributed by atoms with van der Waals surface area (Å²) in [6.07, 6.45) is 0. The number of aromatic nitrogens is 2. The zero-order chi connectivity index (χ0) is 14.5. The van der Waals surface area contributed by atoms with Crippen LogP contribution in [0.1, 0.15) is 5.82 Å². The zero-order valence-corrected chi connectivity index (χ0v) is 12.4.